The monoisotopic (exact) mass is 254 g/mol. The van der Waals surface area contributed by atoms with Gasteiger partial charge < -0.3 is 4.90 Å². The lowest BCUT2D eigenvalue weighted by Gasteiger charge is -2.32. The second-order valence-electron chi connectivity index (χ2n) is 4.58. The van der Waals surface area contributed by atoms with Crippen molar-refractivity contribution in [2.45, 2.75) is 18.9 Å². The number of aromatic nitrogens is 4. The van der Waals surface area contributed by atoms with E-state index >= 15 is 0 Å². The number of pyridine rings is 1. The Morgan fingerprint density at radius 1 is 1.32 bits per heavy atom. The van der Waals surface area contributed by atoms with E-state index in [0.29, 0.717) is 11.6 Å². The molecule has 1 saturated heterocycles. The van der Waals surface area contributed by atoms with Gasteiger partial charge in [0.05, 0.1) is 11.6 Å². The molecule has 3 heterocycles. The molecule has 2 aromatic heterocycles. The van der Waals surface area contributed by atoms with Crippen molar-refractivity contribution in [1.82, 2.24) is 19.7 Å². The molecular weight excluding hydrogens is 240 g/mol. The van der Waals surface area contributed by atoms with E-state index in [4.69, 9.17) is 5.26 Å². The molecule has 0 radical (unpaired) electrons. The Balaban J connectivity index is 1.72. The molecule has 6 nitrogen and oxygen atoms in total. The zero-order valence-electron chi connectivity index (χ0n) is 10.5. The summed E-state index contributed by atoms with van der Waals surface area (Å²) >= 11 is 0. The highest BCUT2D eigenvalue weighted by Gasteiger charge is 2.23. The van der Waals surface area contributed by atoms with Crippen LogP contribution in [0.15, 0.2) is 31.0 Å². The Labute approximate surface area is 111 Å². The van der Waals surface area contributed by atoms with Crippen LogP contribution in [0.4, 0.5) is 5.82 Å². The summed E-state index contributed by atoms with van der Waals surface area (Å²) in [6, 6.07) is 6.20. The van der Waals surface area contributed by atoms with Gasteiger partial charge in [0.25, 0.3) is 0 Å². The second-order valence-corrected chi connectivity index (χ2v) is 4.58. The molecule has 0 bridgehead atoms. The van der Waals surface area contributed by atoms with E-state index in [0.717, 1.165) is 31.7 Å². The standard InChI is InChI=1S/C13H14N6/c14-8-11-2-1-5-16-13(11)18-6-3-12(4-7-18)19-10-15-9-17-19/h1-2,5,9-10,12H,3-4,6-7H2. The molecule has 1 fully saturated rings. The number of rotatable bonds is 2. The Morgan fingerprint density at radius 3 is 2.84 bits per heavy atom. The molecular formula is C13H14N6. The zero-order chi connectivity index (χ0) is 13.1. The largest absolute Gasteiger partial charge is 0.355 e. The molecule has 0 aromatic carbocycles. The van der Waals surface area contributed by atoms with Crippen molar-refractivity contribution in [2.24, 2.45) is 0 Å². The van der Waals surface area contributed by atoms with Gasteiger partial charge in [-0.2, -0.15) is 10.4 Å². The molecule has 0 unspecified atom stereocenters. The van der Waals surface area contributed by atoms with Crippen LogP contribution in [-0.4, -0.2) is 32.8 Å². The SMILES string of the molecule is N#Cc1cccnc1N1CCC(n2cncn2)CC1. The fraction of sp³-hybridized carbons (Fsp3) is 0.385. The first kappa shape index (κ1) is 11.7. The first-order valence-electron chi connectivity index (χ1n) is 6.32. The van der Waals surface area contributed by atoms with E-state index < -0.39 is 0 Å². The maximum Gasteiger partial charge on any atom is 0.146 e. The van der Waals surface area contributed by atoms with E-state index in [-0.39, 0.29) is 0 Å². The van der Waals surface area contributed by atoms with Crippen LogP contribution < -0.4 is 4.90 Å². The van der Waals surface area contributed by atoms with Gasteiger partial charge >= 0.3 is 0 Å². The number of anilines is 1. The quantitative estimate of drug-likeness (QED) is 0.809. The minimum Gasteiger partial charge on any atom is -0.355 e. The van der Waals surface area contributed by atoms with Gasteiger partial charge in [0.2, 0.25) is 0 Å². The van der Waals surface area contributed by atoms with Crippen molar-refractivity contribution in [1.29, 1.82) is 5.26 Å². The van der Waals surface area contributed by atoms with Crippen molar-refractivity contribution in [3.8, 4) is 6.07 Å². The van der Waals surface area contributed by atoms with Gasteiger partial charge in [0.15, 0.2) is 0 Å². The van der Waals surface area contributed by atoms with Gasteiger partial charge in [0.1, 0.15) is 24.5 Å². The highest BCUT2D eigenvalue weighted by Crippen LogP contribution is 2.26. The predicted octanol–water partition coefficient (Wildman–Crippen LogP) is 1.39. The van der Waals surface area contributed by atoms with Crippen molar-refractivity contribution < 1.29 is 0 Å². The zero-order valence-corrected chi connectivity index (χ0v) is 10.5. The average molecular weight is 254 g/mol. The van der Waals surface area contributed by atoms with E-state index in [9.17, 15) is 0 Å². The molecule has 0 saturated carbocycles. The predicted molar refractivity (Wildman–Crippen MR) is 69.5 cm³/mol. The minimum atomic E-state index is 0.396. The normalized spacial score (nSPS) is 16.3. The molecule has 0 atom stereocenters. The third-order valence-electron chi connectivity index (χ3n) is 3.48. The molecule has 0 spiro atoms. The van der Waals surface area contributed by atoms with Crippen molar-refractivity contribution in [3.05, 3.63) is 36.5 Å². The second kappa shape index (κ2) is 5.06. The average Bonchev–Trinajstić information content (AvgIpc) is 3.02. The first-order valence-corrected chi connectivity index (χ1v) is 6.32. The third kappa shape index (κ3) is 2.27. The van der Waals surface area contributed by atoms with Crippen LogP contribution in [0.2, 0.25) is 0 Å². The Morgan fingerprint density at radius 2 is 2.16 bits per heavy atom. The number of hydrogen-bond donors (Lipinski definition) is 0. The van der Waals surface area contributed by atoms with Crippen LogP contribution in [0, 0.1) is 11.3 Å². The maximum atomic E-state index is 9.11. The van der Waals surface area contributed by atoms with Gasteiger partial charge in [-0.25, -0.2) is 14.6 Å². The van der Waals surface area contributed by atoms with E-state index in [1.54, 1.807) is 24.9 Å². The Kier molecular flexibility index (Phi) is 3.11. The maximum absolute atomic E-state index is 9.11. The van der Waals surface area contributed by atoms with Gasteiger partial charge in [-0.3, -0.25) is 0 Å². The smallest absolute Gasteiger partial charge is 0.146 e. The summed E-state index contributed by atoms with van der Waals surface area (Å²) in [6.07, 6.45) is 7.05. The number of nitrogens with zero attached hydrogens (tertiary/aromatic N) is 6. The summed E-state index contributed by atoms with van der Waals surface area (Å²) in [4.78, 5) is 10.5. The van der Waals surface area contributed by atoms with Gasteiger partial charge in [0, 0.05) is 19.3 Å². The van der Waals surface area contributed by atoms with E-state index in [1.807, 2.05) is 10.7 Å². The van der Waals surface area contributed by atoms with Crippen molar-refractivity contribution >= 4 is 5.82 Å². The summed E-state index contributed by atoms with van der Waals surface area (Å²) in [7, 11) is 0. The molecule has 0 aliphatic carbocycles. The molecule has 1 aliphatic rings. The molecule has 2 aromatic rings. The molecule has 3 rings (SSSR count). The van der Waals surface area contributed by atoms with Crippen molar-refractivity contribution in [2.75, 3.05) is 18.0 Å². The summed E-state index contributed by atoms with van der Waals surface area (Å²) in [5.74, 6) is 0.794. The van der Waals surface area contributed by atoms with Crippen LogP contribution in [-0.2, 0) is 0 Å². The van der Waals surface area contributed by atoms with Crippen LogP contribution in [0.5, 0.6) is 0 Å². The summed E-state index contributed by atoms with van der Waals surface area (Å²) in [5, 5.41) is 13.3. The number of nitriles is 1. The topological polar surface area (TPSA) is 70.6 Å². The lowest BCUT2D eigenvalue weighted by Crippen LogP contribution is -2.35. The molecule has 1 aliphatic heterocycles. The highest BCUT2D eigenvalue weighted by molar-refractivity contribution is 5.53. The molecule has 0 amide bonds. The lowest BCUT2D eigenvalue weighted by atomic mass is 10.0. The van der Waals surface area contributed by atoms with Crippen LogP contribution in [0.25, 0.3) is 0 Å². The molecule has 0 N–H and O–H groups in total. The number of hydrogen-bond acceptors (Lipinski definition) is 5. The fourth-order valence-corrected chi connectivity index (χ4v) is 2.48. The van der Waals surface area contributed by atoms with Gasteiger partial charge in [-0.1, -0.05) is 0 Å². The fourth-order valence-electron chi connectivity index (χ4n) is 2.48. The Bertz CT molecular complexity index is 577. The molecule has 96 valence electrons. The van der Waals surface area contributed by atoms with E-state index in [1.165, 1.54) is 0 Å². The van der Waals surface area contributed by atoms with E-state index in [2.05, 4.69) is 26.0 Å². The summed E-state index contributed by atoms with van der Waals surface area (Å²) < 4.78 is 1.92. The first-order chi connectivity index (χ1) is 9.38. The van der Waals surface area contributed by atoms with Crippen LogP contribution in [0.1, 0.15) is 24.4 Å². The molecule has 6 heteroatoms. The van der Waals surface area contributed by atoms with Crippen LogP contribution in [0.3, 0.4) is 0 Å². The number of piperidine rings is 1. The summed E-state index contributed by atoms with van der Waals surface area (Å²) in [6.45, 7) is 1.77. The summed E-state index contributed by atoms with van der Waals surface area (Å²) in [5.41, 5.74) is 0.640. The minimum absolute atomic E-state index is 0.396. The Hall–Kier alpha value is -2.42. The van der Waals surface area contributed by atoms with Crippen molar-refractivity contribution in [3.63, 3.8) is 0 Å². The lowest BCUT2D eigenvalue weighted by molar-refractivity contribution is 0.365. The third-order valence-corrected chi connectivity index (χ3v) is 3.48. The van der Waals surface area contributed by atoms with Gasteiger partial charge in [-0.05, 0) is 25.0 Å². The molecule has 19 heavy (non-hydrogen) atoms. The highest BCUT2D eigenvalue weighted by atomic mass is 15.3. The van der Waals surface area contributed by atoms with Crippen LogP contribution >= 0.6 is 0 Å². The van der Waals surface area contributed by atoms with Gasteiger partial charge in [-0.15, -0.1) is 0 Å².